The fourth-order valence-electron chi connectivity index (χ4n) is 2.55. The molecule has 0 bridgehead atoms. The van der Waals surface area contributed by atoms with Crippen molar-refractivity contribution in [2.24, 2.45) is 0 Å². The molecule has 3 N–H and O–H groups in total. The molecule has 2 aromatic carbocycles. The standard InChI is InChI=1S/C19H20BrN5O/c1-12(2)14-6-8-16(9-7-14)22-19(26)17-18(21)25(24-23-17)11-13-4-3-5-15(20)10-13/h3-10,12H,11,21H2,1-2H3,(H,22,26). The summed E-state index contributed by atoms with van der Waals surface area (Å²) in [6.45, 7) is 4.68. The fourth-order valence-corrected chi connectivity index (χ4v) is 3.00. The minimum Gasteiger partial charge on any atom is -0.382 e. The number of anilines is 2. The van der Waals surface area contributed by atoms with Gasteiger partial charge in [-0.15, -0.1) is 5.10 Å². The van der Waals surface area contributed by atoms with Crippen molar-refractivity contribution in [1.82, 2.24) is 15.0 Å². The summed E-state index contributed by atoms with van der Waals surface area (Å²) in [4.78, 5) is 12.5. The number of hydrogen-bond donors (Lipinski definition) is 2. The molecule has 7 heteroatoms. The molecule has 0 saturated carbocycles. The molecule has 134 valence electrons. The lowest BCUT2D eigenvalue weighted by Gasteiger charge is -2.08. The van der Waals surface area contributed by atoms with Gasteiger partial charge >= 0.3 is 0 Å². The van der Waals surface area contributed by atoms with Gasteiger partial charge in [0.05, 0.1) is 6.54 Å². The minimum atomic E-state index is -0.375. The Morgan fingerprint density at radius 2 is 1.96 bits per heavy atom. The molecule has 6 nitrogen and oxygen atoms in total. The Bertz CT molecular complexity index is 918. The van der Waals surface area contributed by atoms with Crippen molar-refractivity contribution in [3.8, 4) is 0 Å². The average molecular weight is 414 g/mol. The van der Waals surface area contributed by atoms with Gasteiger partial charge in [-0.25, -0.2) is 4.68 Å². The Morgan fingerprint density at radius 1 is 1.23 bits per heavy atom. The summed E-state index contributed by atoms with van der Waals surface area (Å²) in [6, 6.07) is 15.5. The van der Waals surface area contributed by atoms with Crippen LogP contribution in [0.2, 0.25) is 0 Å². The van der Waals surface area contributed by atoms with Gasteiger partial charge in [-0.1, -0.05) is 59.3 Å². The zero-order valence-corrected chi connectivity index (χ0v) is 16.2. The smallest absolute Gasteiger partial charge is 0.280 e. The lowest BCUT2D eigenvalue weighted by Crippen LogP contribution is -2.15. The second-order valence-corrected chi connectivity index (χ2v) is 7.26. The van der Waals surface area contributed by atoms with Crippen LogP contribution < -0.4 is 11.1 Å². The predicted octanol–water partition coefficient (Wildman–Crippen LogP) is 4.05. The van der Waals surface area contributed by atoms with Gasteiger partial charge in [-0.05, 0) is 41.3 Å². The zero-order valence-electron chi connectivity index (χ0n) is 14.6. The molecule has 26 heavy (non-hydrogen) atoms. The number of nitrogens with one attached hydrogen (secondary N) is 1. The number of hydrogen-bond acceptors (Lipinski definition) is 4. The van der Waals surface area contributed by atoms with E-state index in [9.17, 15) is 4.79 Å². The first-order valence-corrected chi connectivity index (χ1v) is 9.08. The van der Waals surface area contributed by atoms with E-state index in [2.05, 4.69) is 45.4 Å². The van der Waals surface area contributed by atoms with E-state index in [4.69, 9.17) is 5.73 Å². The molecule has 0 aliphatic rings. The van der Waals surface area contributed by atoms with Crippen LogP contribution in [0.4, 0.5) is 11.5 Å². The third-order valence-electron chi connectivity index (χ3n) is 4.05. The van der Waals surface area contributed by atoms with Gasteiger partial charge in [-0.3, -0.25) is 4.79 Å². The van der Waals surface area contributed by atoms with Crippen LogP contribution in [-0.4, -0.2) is 20.9 Å². The first-order valence-electron chi connectivity index (χ1n) is 8.28. The molecule has 0 unspecified atom stereocenters. The highest BCUT2D eigenvalue weighted by atomic mass is 79.9. The topological polar surface area (TPSA) is 85.8 Å². The molecule has 3 aromatic rings. The zero-order chi connectivity index (χ0) is 18.7. The summed E-state index contributed by atoms with van der Waals surface area (Å²) in [6.07, 6.45) is 0. The van der Waals surface area contributed by atoms with Gasteiger partial charge < -0.3 is 11.1 Å². The Labute approximate surface area is 160 Å². The van der Waals surface area contributed by atoms with Crippen molar-refractivity contribution in [2.45, 2.75) is 26.3 Å². The molecule has 0 atom stereocenters. The molecule has 1 heterocycles. The quantitative estimate of drug-likeness (QED) is 0.660. The normalized spacial score (nSPS) is 10.9. The summed E-state index contributed by atoms with van der Waals surface area (Å²) >= 11 is 3.43. The Kier molecular flexibility index (Phi) is 5.37. The summed E-state index contributed by atoms with van der Waals surface area (Å²) in [5.41, 5.74) is 9.10. The molecular formula is C19H20BrN5O. The number of nitrogens with two attached hydrogens (primary N) is 1. The van der Waals surface area contributed by atoms with Crippen LogP contribution in [0.15, 0.2) is 53.0 Å². The maximum Gasteiger partial charge on any atom is 0.280 e. The summed E-state index contributed by atoms with van der Waals surface area (Å²) in [7, 11) is 0. The van der Waals surface area contributed by atoms with Crippen molar-refractivity contribution in [1.29, 1.82) is 0 Å². The number of aromatic nitrogens is 3. The molecule has 0 spiro atoms. The van der Waals surface area contributed by atoms with Crippen LogP contribution in [0.3, 0.4) is 0 Å². The van der Waals surface area contributed by atoms with Gasteiger partial charge in [-0.2, -0.15) is 0 Å². The number of carbonyl (C=O) groups excluding carboxylic acids is 1. The second-order valence-electron chi connectivity index (χ2n) is 6.34. The molecule has 0 radical (unpaired) electrons. The number of nitrogen functional groups attached to an aromatic ring is 1. The van der Waals surface area contributed by atoms with Gasteiger partial charge in [0.15, 0.2) is 11.5 Å². The van der Waals surface area contributed by atoms with Gasteiger partial charge in [0.2, 0.25) is 0 Å². The SMILES string of the molecule is CC(C)c1ccc(NC(=O)c2nnn(Cc3cccc(Br)c3)c2N)cc1. The highest BCUT2D eigenvalue weighted by molar-refractivity contribution is 9.10. The third kappa shape index (κ3) is 4.11. The number of rotatable bonds is 5. The van der Waals surface area contributed by atoms with E-state index in [1.165, 1.54) is 10.2 Å². The highest BCUT2D eigenvalue weighted by Crippen LogP contribution is 2.19. The molecule has 0 aliphatic carbocycles. The summed E-state index contributed by atoms with van der Waals surface area (Å²) in [5, 5.41) is 10.8. The fraction of sp³-hybridized carbons (Fsp3) is 0.211. The van der Waals surface area contributed by atoms with Gasteiger partial charge in [0, 0.05) is 10.2 Å². The van der Waals surface area contributed by atoms with E-state index in [1.807, 2.05) is 48.5 Å². The lowest BCUT2D eigenvalue weighted by molar-refractivity contribution is 0.102. The first-order chi connectivity index (χ1) is 12.4. The summed E-state index contributed by atoms with van der Waals surface area (Å²) < 4.78 is 2.48. The number of amides is 1. The van der Waals surface area contributed by atoms with Crippen molar-refractivity contribution >= 4 is 33.3 Å². The van der Waals surface area contributed by atoms with Crippen LogP contribution in [0.5, 0.6) is 0 Å². The maximum atomic E-state index is 12.5. The minimum absolute atomic E-state index is 0.118. The third-order valence-corrected chi connectivity index (χ3v) is 4.54. The van der Waals surface area contributed by atoms with Gasteiger partial charge in [0.1, 0.15) is 0 Å². The molecule has 1 aromatic heterocycles. The van der Waals surface area contributed by atoms with Gasteiger partial charge in [0.25, 0.3) is 5.91 Å². The van der Waals surface area contributed by atoms with Crippen LogP contribution in [0, 0.1) is 0 Å². The molecule has 0 aliphatic heterocycles. The number of carbonyl (C=O) groups is 1. The summed E-state index contributed by atoms with van der Waals surface area (Å²) in [5.74, 6) is 0.301. The Hall–Kier alpha value is -2.67. The molecule has 1 amide bonds. The number of nitrogens with zero attached hydrogens (tertiary/aromatic N) is 3. The van der Waals surface area contributed by atoms with E-state index < -0.39 is 0 Å². The van der Waals surface area contributed by atoms with E-state index in [1.54, 1.807) is 0 Å². The van der Waals surface area contributed by atoms with Crippen molar-refractivity contribution in [2.75, 3.05) is 11.1 Å². The van der Waals surface area contributed by atoms with E-state index in [-0.39, 0.29) is 17.4 Å². The monoisotopic (exact) mass is 413 g/mol. The van der Waals surface area contributed by atoms with Crippen LogP contribution in [0.25, 0.3) is 0 Å². The highest BCUT2D eigenvalue weighted by Gasteiger charge is 2.18. The van der Waals surface area contributed by atoms with E-state index in [0.717, 1.165) is 10.0 Å². The van der Waals surface area contributed by atoms with Crippen LogP contribution in [-0.2, 0) is 6.54 Å². The largest absolute Gasteiger partial charge is 0.382 e. The van der Waals surface area contributed by atoms with Crippen LogP contribution >= 0.6 is 15.9 Å². The maximum absolute atomic E-state index is 12.5. The second kappa shape index (κ2) is 7.70. The number of benzene rings is 2. The van der Waals surface area contributed by atoms with Crippen molar-refractivity contribution in [3.63, 3.8) is 0 Å². The van der Waals surface area contributed by atoms with E-state index in [0.29, 0.717) is 18.2 Å². The molecule has 0 fully saturated rings. The number of halogens is 1. The molecular weight excluding hydrogens is 394 g/mol. The van der Waals surface area contributed by atoms with Crippen LogP contribution in [0.1, 0.15) is 41.4 Å². The predicted molar refractivity (Wildman–Crippen MR) is 106 cm³/mol. The first kappa shape index (κ1) is 18.1. The van der Waals surface area contributed by atoms with Crippen molar-refractivity contribution in [3.05, 3.63) is 69.8 Å². The lowest BCUT2D eigenvalue weighted by atomic mass is 10.0. The van der Waals surface area contributed by atoms with E-state index >= 15 is 0 Å². The van der Waals surface area contributed by atoms with Crippen molar-refractivity contribution < 1.29 is 4.79 Å². The Balaban J connectivity index is 1.73. The molecule has 3 rings (SSSR count). The Morgan fingerprint density at radius 3 is 2.62 bits per heavy atom. The molecule has 0 saturated heterocycles. The average Bonchev–Trinajstić information content (AvgIpc) is 2.96.